The molecule has 1 heterocycles. The highest BCUT2D eigenvalue weighted by atomic mass is 79.9. The smallest absolute Gasteiger partial charge is 0.328 e. The zero-order chi connectivity index (χ0) is 17.0. The number of anilines is 1. The normalized spacial score (nSPS) is 18.7. The largest absolute Gasteiger partial charge is 0.464 e. The molecule has 2 atom stereocenters. The molecule has 7 heteroatoms. The second-order valence-electron chi connectivity index (χ2n) is 5.29. The molecule has 2 amide bonds. The van der Waals surface area contributed by atoms with Crippen LogP contribution in [0.2, 0.25) is 0 Å². The fraction of sp³-hybridized carbons (Fsp3) is 0.438. The van der Waals surface area contributed by atoms with E-state index in [1.807, 2.05) is 24.3 Å². The number of benzene rings is 1. The summed E-state index contributed by atoms with van der Waals surface area (Å²) < 4.78 is 5.71. The Labute approximate surface area is 143 Å². The van der Waals surface area contributed by atoms with Crippen molar-refractivity contribution < 1.29 is 19.1 Å². The molecular formula is C16H19BrN2O4. The van der Waals surface area contributed by atoms with Gasteiger partial charge in [-0.2, -0.15) is 0 Å². The first-order valence-corrected chi connectivity index (χ1v) is 8.27. The lowest BCUT2D eigenvalue weighted by molar-refractivity contribution is -0.147. The summed E-state index contributed by atoms with van der Waals surface area (Å²) >= 11 is 3.37. The Hall–Kier alpha value is -1.89. The molecule has 0 saturated carbocycles. The van der Waals surface area contributed by atoms with Gasteiger partial charge in [-0.15, -0.1) is 0 Å². The molecule has 6 nitrogen and oxygen atoms in total. The minimum absolute atomic E-state index is 0.248. The molecule has 1 aromatic rings. The fourth-order valence-corrected chi connectivity index (χ4v) is 2.85. The second-order valence-corrected chi connectivity index (χ2v) is 6.21. The number of nitrogens with one attached hydrogen (secondary N) is 1. The van der Waals surface area contributed by atoms with Crippen molar-refractivity contribution in [1.82, 2.24) is 5.32 Å². The highest BCUT2D eigenvalue weighted by Crippen LogP contribution is 2.27. The molecule has 1 aromatic carbocycles. The zero-order valence-corrected chi connectivity index (χ0v) is 14.6. The lowest BCUT2D eigenvalue weighted by atomic mass is 10.1. The van der Waals surface area contributed by atoms with E-state index in [2.05, 4.69) is 21.2 Å². The molecule has 1 saturated heterocycles. The van der Waals surface area contributed by atoms with E-state index in [9.17, 15) is 14.4 Å². The van der Waals surface area contributed by atoms with Crippen molar-refractivity contribution in [3.63, 3.8) is 0 Å². The molecule has 23 heavy (non-hydrogen) atoms. The number of carbonyl (C=O) groups is 3. The zero-order valence-electron chi connectivity index (χ0n) is 13.0. The molecule has 0 aromatic heterocycles. The number of hydrogen-bond donors (Lipinski definition) is 1. The lowest BCUT2D eigenvalue weighted by Crippen LogP contribution is -2.44. The highest BCUT2D eigenvalue weighted by Gasteiger charge is 2.38. The van der Waals surface area contributed by atoms with Gasteiger partial charge in [0, 0.05) is 16.7 Å². The van der Waals surface area contributed by atoms with Crippen molar-refractivity contribution in [1.29, 1.82) is 0 Å². The lowest BCUT2D eigenvalue weighted by Gasteiger charge is -2.18. The van der Waals surface area contributed by atoms with Gasteiger partial charge >= 0.3 is 5.97 Å². The molecule has 0 bridgehead atoms. The van der Waals surface area contributed by atoms with Crippen molar-refractivity contribution in [2.75, 3.05) is 18.1 Å². The topological polar surface area (TPSA) is 75.7 Å². The van der Waals surface area contributed by atoms with Gasteiger partial charge in [0.2, 0.25) is 11.8 Å². The van der Waals surface area contributed by atoms with E-state index in [1.165, 1.54) is 0 Å². The minimum atomic E-state index is -0.772. The van der Waals surface area contributed by atoms with Gasteiger partial charge in [-0.1, -0.05) is 22.0 Å². The maximum Gasteiger partial charge on any atom is 0.328 e. The molecule has 1 fully saturated rings. The summed E-state index contributed by atoms with van der Waals surface area (Å²) in [6, 6.07) is 6.59. The van der Waals surface area contributed by atoms with Crippen LogP contribution in [-0.2, 0) is 19.1 Å². The molecule has 0 aliphatic carbocycles. The van der Waals surface area contributed by atoms with Crippen molar-refractivity contribution in [2.45, 2.75) is 26.3 Å². The molecule has 124 valence electrons. The predicted molar refractivity (Wildman–Crippen MR) is 88.8 cm³/mol. The van der Waals surface area contributed by atoms with Gasteiger partial charge in [-0.05, 0) is 38.5 Å². The number of halogens is 1. The van der Waals surface area contributed by atoms with Crippen LogP contribution in [0.1, 0.15) is 20.3 Å². The summed E-state index contributed by atoms with van der Waals surface area (Å²) in [5, 5.41) is 2.55. The predicted octanol–water partition coefficient (Wildman–Crippen LogP) is 1.87. The summed E-state index contributed by atoms with van der Waals surface area (Å²) in [4.78, 5) is 37.9. The highest BCUT2D eigenvalue weighted by molar-refractivity contribution is 9.10. The first kappa shape index (κ1) is 17.5. The van der Waals surface area contributed by atoms with E-state index in [0.717, 1.165) is 10.2 Å². The first-order valence-electron chi connectivity index (χ1n) is 7.48. The standard InChI is InChI=1S/C16H19BrN2O4/c1-3-23-16(22)10(2)18-14(20)13-7-8-19(15(13)21)12-6-4-5-11(17)9-12/h4-6,9-10,13H,3,7-8H2,1-2H3,(H,18,20). The monoisotopic (exact) mass is 382 g/mol. The molecule has 2 unspecified atom stereocenters. The van der Waals surface area contributed by atoms with Crippen molar-refractivity contribution in [3.05, 3.63) is 28.7 Å². The Morgan fingerprint density at radius 2 is 2.22 bits per heavy atom. The van der Waals surface area contributed by atoms with Crippen LogP contribution in [0.15, 0.2) is 28.7 Å². The third-order valence-corrected chi connectivity index (χ3v) is 4.13. The summed E-state index contributed by atoms with van der Waals surface area (Å²) in [6.45, 7) is 3.96. The molecule has 2 rings (SSSR count). The van der Waals surface area contributed by atoms with E-state index in [1.54, 1.807) is 18.7 Å². The Bertz CT molecular complexity index is 620. The third-order valence-electron chi connectivity index (χ3n) is 3.64. The maximum absolute atomic E-state index is 12.5. The van der Waals surface area contributed by atoms with Crippen LogP contribution >= 0.6 is 15.9 Å². The number of hydrogen-bond acceptors (Lipinski definition) is 4. The van der Waals surface area contributed by atoms with E-state index in [-0.39, 0.29) is 12.5 Å². The molecule has 0 spiro atoms. The van der Waals surface area contributed by atoms with E-state index >= 15 is 0 Å². The fourth-order valence-electron chi connectivity index (χ4n) is 2.46. The van der Waals surface area contributed by atoms with Crippen LogP contribution < -0.4 is 10.2 Å². The van der Waals surface area contributed by atoms with Crippen LogP contribution in [-0.4, -0.2) is 37.0 Å². The SMILES string of the molecule is CCOC(=O)C(C)NC(=O)C1CCN(c2cccc(Br)c2)C1=O. The summed E-state index contributed by atoms with van der Waals surface area (Å²) in [6.07, 6.45) is 0.423. The number of rotatable bonds is 5. The van der Waals surface area contributed by atoms with Gasteiger partial charge in [-0.3, -0.25) is 9.59 Å². The van der Waals surface area contributed by atoms with Gasteiger partial charge in [0.1, 0.15) is 12.0 Å². The Balaban J connectivity index is 2.01. The molecule has 1 aliphatic rings. The van der Waals surface area contributed by atoms with E-state index in [0.29, 0.717) is 13.0 Å². The Morgan fingerprint density at radius 3 is 2.87 bits per heavy atom. The number of esters is 1. The molecule has 1 N–H and O–H groups in total. The number of amides is 2. The quantitative estimate of drug-likeness (QED) is 0.622. The van der Waals surface area contributed by atoms with Crippen LogP contribution in [0, 0.1) is 5.92 Å². The summed E-state index contributed by atoms with van der Waals surface area (Å²) in [7, 11) is 0. The van der Waals surface area contributed by atoms with Crippen LogP contribution in [0.4, 0.5) is 5.69 Å². The second kappa shape index (κ2) is 7.59. The van der Waals surface area contributed by atoms with Crippen LogP contribution in [0.5, 0.6) is 0 Å². The Kier molecular flexibility index (Phi) is 5.76. The first-order chi connectivity index (χ1) is 10.9. The van der Waals surface area contributed by atoms with Gasteiger partial charge in [0.05, 0.1) is 6.61 Å². The van der Waals surface area contributed by atoms with Crippen molar-refractivity contribution in [3.8, 4) is 0 Å². The van der Waals surface area contributed by atoms with Crippen LogP contribution in [0.25, 0.3) is 0 Å². The van der Waals surface area contributed by atoms with E-state index < -0.39 is 23.8 Å². The Morgan fingerprint density at radius 1 is 1.48 bits per heavy atom. The molecule has 0 radical (unpaired) electrons. The number of nitrogens with zero attached hydrogens (tertiary/aromatic N) is 1. The van der Waals surface area contributed by atoms with Crippen molar-refractivity contribution in [2.24, 2.45) is 5.92 Å². The van der Waals surface area contributed by atoms with Crippen molar-refractivity contribution >= 4 is 39.4 Å². The van der Waals surface area contributed by atoms with E-state index in [4.69, 9.17) is 4.74 Å². The molecular weight excluding hydrogens is 364 g/mol. The average molecular weight is 383 g/mol. The van der Waals surface area contributed by atoms with Gasteiger partial charge in [-0.25, -0.2) is 4.79 Å². The number of ether oxygens (including phenoxy) is 1. The number of carbonyl (C=O) groups excluding carboxylic acids is 3. The summed E-state index contributed by atoms with van der Waals surface area (Å²) in [5.41, 5.74) is 0.748. The minimum Gasteiger partial charge on any atom is -0.464 e. The maximum atomic E-state index is 12.5. The average Bonchev–Trinajstić information content (AvgIpc) is 2.89. The van der Waals surface area contributed by atoms with Crippen LogP contribution in [0.3, 0.4) is 0 Å². The van der Waals surface area contributed by atoms with Gasteiger partial charge < -0.3 is 15.0 Å². The summed E-state index contributed by atoms with van der Waals surface area (Å²) in [5.74, 6) is -1.97. The third kappa shape index (κ3) is 4.10. The molecule has 1 aliphatic heterocycles. The van der Waals surface area contributed by atoms with Gasteiger partial charge in [0.25, 0.3) is 0 Å². The van der Waals surface area contributed by atoms with Gasteiger partial charge in [0.15, 0.2) is 0 Å².